The van der Waals surface area contributed by atoms with Gasteiger partial charge in [0, 0.05) is 11.6 Å². The normalized spacial score (nSPS) is 13.0. The molecule has 1 aromatic heterocycles. The minimum Gasteiger partial charge on any atom is -0.495 e. The lowest BCUT2D eigenvalue weighted by atomic mass is 9.98. The summed E-state index contributed by atoms with van der Waals surface area (Å²) in [7, 11) is 1.71. The van der Waals surface area contributed by atoms with E-state index in [-0.39, 0.29) is 0 Å². The predicted molar refractivity (Wildman–Crippen MR) is 63.6 cm³/mol. The van der Waals surface area contributed by atoms with Gasteiger partial charge in [-0.2, -0.15) is 0 Å². The molecule has 2 nitrogen and oxygen atoms in total. The number of ether oxygens (including phenoxy) is 1. The second-order valence-electron chi connectivity index (χ2n) is 3.94. The summed E-state index contributed by atoms with van der Waals surface area (Å²) < 4.78 is 5.32. The number of para-hydroxylation sites is 1. The first-order chi connectivity index (χ1) is 7.27. The third-order valence-corrected chi connectivity index (χ3v) is 3.07. The number of hydrogen-bond donors (Lipinski definition) is 1. The fourth-order valence-electron chi connectivity index (χ4n) is 1.95. The Balaban J connectivity index is 2.60. The van der Waals surface area contributed by atoms with Crippen molar-refractivity contribution >= 4 is 10.9 Å². The van der Waals surface area contributed by atoms with Crippen LogP contribution in [0.2, 0.25) is 0 Å². The highest BCUT2D eigenvalue weighted by molar-refractivity contribution is 5.88. The number of methoxy groups -OCH3 is 1. The summed E-state index contributed by atoms with van der Waals surface area (Å²) in [6, 6.07) is 6.18. The van der Waals surface area contributed by atoms with Crippen LogP contribution in [0.25, 0.3) is 10.9 Å². The van der Waals surface area contributed by atoms with E-state index in [4.69, 9.17) is 4.74 Å². The van der Waals surface area contributed by atoms with E-state index in [0.29, 0.717) is 5.92 Å². The number of rotatable bonds is 3. The number of nitrogens with one attached hydrogen (secondary N) is 1. The number of H-pyrrole nitrogens is 1. The van der Waals surface area contributed by atoms with Gasteiger partial charge in [0.05, 0.1) is 12.6 Å². The summed E-state index contributed by atoms with van der Waals surface area (Å²) in [5.74, 6) is 1.51. The second-order valence-corrected chi connectivity index (χ2v) is 3.94. The molecule has 0 aliphatic heterocycles. The Labute approximate surface area is 90.3 Å². The fraction of sp³-hybridized carbons (Fsp3) is 0.385. The van der Waals surface area contributed by atoms with Crippen molar-refractivity contribution in [3.8, 4) is 5.75 Å². The van der Waals surface area contributed by atoms with E-state index in [1.165, 1.54) is 10.9 Å². The summed E-state index contributed by atoms with van der Waals surface area (Å²) in [6.45, 7) is 4.46. The van der Waals surface area contributed by atoms with Crippen LogP contribution >= 0.6 is 0 Å². The van der Waals surface area contributed by atoms with Gasteiger partial charge in [0.15, 0.2) is 0 Å². The summed E-state index contributed by atoms with van der Waals surface area (Å²) in [4.78, 5) is 3.30. The molecule has 0 fully saturated rings. The summed E-state index contributed by atoms with van der Waals surface area (Å²) >= 11 is 0. The SMILES string of the molecule is CCC(C)c1c[nH]c2c(OC)cccc12. The molecule has 1 aromatic carbocycles. The molecule has 1 heterocycles. The minimum atomic E-state index is 0.589. The zero-order valence-corrected chi connectivity index (χ0v) is 9.50. The van der Waals surface area contributed by atoms with Gasteiger partial charge in [0.1, 0.15) is 5.75 Å². The van der Waals surface area contributed by atoms with Crippen LogP contribution in [0.4, 0.5) is 0 Å². The molecule has 0 bridgehead atoms. The van der Waals surface area contributed by atoms with Gasteiger partial charge < -0.3 is 9.72 Å². The summed E-state index contributed by atoms with van der Waals surface area (Å²) in [5, 5.41) is 1.28. The highest BCUT2D eigenvalue weighted by Crippen LogP contribution is 2.31. The molecule has 0 saturated heterocycles. The Morgan fingerprint density at radius 3 is 2.87 bits per heavy atom. The minimum absolute atomic E-state index is 0.589. The highest BCUT2D eigenvalue weighted by Gasteiger charge is 2.11. The maximum Gasteiger partial charge on any atom is 0.142 e. The number of aromatic amines is 1. The first kappa shape index (κ1) is 10.1. The van der Waals surface area contributed by atoms with Crippen LogP contribution in [0, 0.1) is 0 Å². The average molecular weight is 203 g/mol. The van der Waals surface area contributed by atoms with Crippen molar-refractivity contribution in [3.05, 3.63) is 30.0 Å². The first-order valence-corrected chi connectivity index (χ1v) is 5.42. The molecular weight excluding hydrogens is 186 g/mol. The fourth-order valence-corrected chi connectivity index (χ4v) is 1.95. The zero-order valence-electron chi connectivity index (χ0n) is 9.50. The molecule has 2 aromatic rings. The number of aromatic nitrogens is 1. The van der Waals surface area contributed by atoms with Gasteiger partial charge in [-0.15, -0.1) is 0 Å². The van der Waals surface area contributed by atoms with Gasteiger partial charge in [-0.3, -0.25) is 0 Å². The van der Waals surface area contributed by atoms with Crippen LogP contribution in [-0.2, 0) is 0 Å². The molecule has 0 aliphatic carbocycles. The number of benzene rings is 1. The maximum absolute atomic E-state index is 5.32. The van der Waals surface area contributed by atoms with E-state index in [0.717, 1.165) is 17.7 Å². The van der Waals surface area contributed by atoms with Crippen LogP contribution in [0.1, 0.15) is 31.7 Å². The van der Waals surface area contributed by atoms with Crippen molar-refractivity contribution in [1.29, 1.82) is 0 Å². The molecular formula is C13H17NO. The van der Waals surface area contributed by atoms with Crippen molar-refractivity contribution in [2.75, 3.05) is 7.11 Å². The van der Waals surface area contributed by atoms with Gasteiger partial charge in [0.25, 0.3) is 0 Å². The van der Waals surface area contributed by atoms with Crippen LogP contribution in [-0.4, -0.2) is 12.1 Å². The zero-order chi connectivity index (χ0) is 10.8. The first-order valence-electron chi connectivity index (χ1n) is 5.42. The van der Waals surface area contributed by atoms with E-state index in [1.807, 2.05) is 12.1 Å². The second kappa shape index (κ2) is 3.97. The van der Waals surface area contributed by atoms with Crippen molar-refractivity contribution in [2.24, 2.45) is 0 Å². The molecule has 1 atom stereocenters. The van der Waals surface area contributed by atoms with Gasteiger partial charge in [-0.05, 0) is 24.0 Å². The summed E-state index contributed by atoms with van der Waals surface area (Å²) in [5.41, 5.74) is 2.49. The lowest BCUT2D eigenvalue weighted by Crippen LogP contribution is -1.89. The standard InChI is InChI=1S/C13H17NO/c1-4-9(2)11-8-14-13-10(11)6-5-7-12(13)15-3/h5-9,14H,4H2,1-3H3. The molecule has 1 N–H and O–H groups in total. The van der Waals surface area contributed by atoms with E-state index < -0.39 is 0 Å². The van der Waals surface area contributed by atoms with Crippen LogP contribution in [0.5, 0.6) is 5.75 Å². The lowest BCUT2D eigenvalue weighted by molar-refractivity contribution is 0.419. The largest absolute Gasteiger partial charge is 0.495 e. The van der Waals surface area contributed by atoms with Crippen molar-refractivity contribution in [3.63, 3.8) is 0 Å². The van der Waals surface area contributed by atoms with E-state index in [9.17, 15) is 0 Å². The molecule has 2 heteroatoms. The molecule has 0 radical (unpaired) electrons. The van der Waals surface area contributed by atoms with Crippen LogP contribution in [0.3, 0.4) is 0 Å². The smallest absolute Gasteiger partial charge is 0.142 e. The quantitative estimate of drug-likeness (QED) is 0.808. The Kier molecular flexibility index (Phi) is 2.67. The topological polar surface area (TPSA) is 25.0 Å². The number of fused-ring (bicyclic) bond motifs is 1. The third kappa shape index (κ3) is 1.60. The molecule has 2 rings (SSSR count). The predicted octanol–water partition coefficient (Wildman–Crippen LogP) is 3.69. The monoisotopic (exact) mass is 203 g/mol. The molecule has 15 heavy (non-hydrogen) atoms. The van der Waals surface area contributed by atoms with Crippen LogP contribution in [0.15, 0.2) is 24.4 Å². The van der Waals surface area contributed by atoms with Crippen molar-refractivity contribution in [1.82, 2.24) is 4.98 Å². The molecule has 1 unspecified atom stereocenters. The molecule has 80 valence electrons. The Bertz CT molecular complexity index is 459. The van der Waals surface area contributed by atoms with Crippen LogP contribution < -0.4 is 4.74 Å². The highest BCUT2D eigenvalue weighted by atomic mass is 16.5. The molecule has 0 amide bonds. The maximum atomic E-state index is 5.32. The molecule has 0 aliphatic rings. The Morgan fingerprint density at radius 1 is 1.40 bits per heavy atom. The molecule has 0 saturated carbocycles. The Hall–Kier alpha value is -1.44. The van der Waals surface area contributed by atoms with Gasteiger partial charge >= 0.3 is 0 Å². The third-order valence-electron chi connectivity index (χ3n) is 3.07. The van der Waals surface area contributed by atoms with Crippen molar-refractivity contribution < 1.29 is 4.74 Å². The average Bonchev–Trinajstić information content (AvgIpc) is 2.71. The molecule has 0 spiro atoms. The van der Waals surface area contributed by atoms with Gasteiger partial charge in [0.2, 0.25) is 0 Å². The Morgan fingerprint density at radius 2 is 2.20 bits per heavy atom. The van der Waals surface area contributed by atoms with Gasteiger partial charge in [-0.1, -0.05) is 26.0 Å². The summed E-state index contributed by atoms with van der Waals surface area (Å²) in [6.07, 6.45) is 3.26. The van der Waals surface area contributed by atoms with Gasteiger partial charge in [-0.25, -0.2) is 0 Å². The lowest BCUT2D eigenvalue weighted by Gasteiger charge is -2.07. The van der Waals surface area contributed by atoms with E-state index in [1.54, 1.807) is 7.11 Å². The van der Waals surface area contributed by atoms with Crippen molar-refractivity contribution in [2.45, 2.75) is 26.2 Å². The number of hydrogen-bond acceptors (Lipinski definition) is 1. The van der Waals surface area contributed by atoms with E-state index in [2.05, 4.69) is 31.1 Å². The van der Waals surface area contributed by atoms with E-state index >= 15 is 0 Å².